The number of carbonyl (C=O) groups is 1. The van der Waals surface area contributed by atoms with Gasteiger partial charge in [-0.1, -0.05) is 6.08 Å². The van der Waals surface area contributed by atoms with Crippen molar-refractivity contribution in [1.82, 2.24) is 0 Å². The van der Waals surface area contributed by atoms with Gasteiger partial charge < -0.3 is 4.74 Å². The largest absolute Gasteiger partial charge is 0.435 e. The van der Waals surface area contributed by atoms with E-state index in [9.17, 15) is 23.7 Å². The topological polar surface area (TPSA) is 69.4 Å². The number of halogens is 2. The number of hydrogen-bond acceptors (Lipinski definition) is 4. The van der Waals surface area contributed by atoms with Gasteiger partial charge in [-0.15, -0.1) is 0 Å². The summed E-state index contributed by atoms with van der Waals surface area (Å²) in [6.07, 6.45) is 2.81. The van der Waals surface area contributed by atoms with Gasteiger partial charge in [0.15, 0.2) is 5.78 Å². The fraction of sp³-hybridized carbons (Fsp3) is 0.0625. The molecule has 0 N–H and O–H groups in total. The first-order valence-corrected chi connectivity index (χ1v) is 6.47. The Bertz CT molecular complexity index is 725. The SMILES string of the molecule is O=C(C=Cc1ccc([N+](=O)[O-])cc1)c1ccc(OC(F)F)cc1. The molecule has 0 aliphatic heterocycles. The number of ketones is 1. The van der Waals surface area contributed by atoms with Gasteiger partial charge in [0, 0.05) is 17.7 Å². The molecule has 0 radical (unpaired) electrons. The Morgan fingerprint density at radius 3 is 2.22 bits per heavy atom. The quantitative estimate of drug-likeness (QED) is 0.348. The fourth-order valence-electron chi connectivity index (χ4n) is 1.78. The Kier molecular flexibility index (Phi) is 5.14. The molecule has 0 atom stereocenters. The van der Waals surface area contributed by atoms with Crippen molar-refractivity contribution in [2.24, 2.45) is 0 Å². The number of benzene rings is 2. The Morgan fingerprint density at radius 1 is 1.09 bits per heavy atom. The summed E-state index contributed by atoms with van der Waals surface area (Å²) in [7, 11) is 0. The number of nitro groups is 1. The fourth-order valence-corrected chi connectivity index (χ4v) is 1.78. The lowest BCUT2D eigenvalue weighted by Gasteiger charge is -2.04. The minimum atomic E-state index is -2.92. The zero-order valence-corrected chi connectivity index (χ0v) is 11.7. The van der Waals surface area contributed by atoms with Crippen LogP contribution in [0.2, 0.25) is 0 Å². The molecule has 7 heteroatoms. The molecule has 0 amide bonds. The first-order valence-electron chi connectivity index (χ1n) is 6.47. The van der Waals surface area contributed by atoms with Crippen molar-refractivity contribution in [2.75, 3.05) is 0 Å². The number of ether oxygens (including phenoxy) is 1. The van der Waals surface area contributed by atoms with E-state index in [0.29, 0.717) is 11.1 Å². The molecular formula is C16H11F2NO4. The summed E-state index contributed by atoms with van der Waals surface area (Å²) in [5.74, 6) is -0.358. The summed E-state index contributed by atoms with van der Waals surface area (Å²) in [6, 6.07) is 11.0. The summed E-state index contributed by atoms with van der Waals surface area (Å²) in [5.41, 5.74) is 0.898. The molecule has 0 aromatic heterocycles. The Labute approximate surface area is 130 Å². The van der Waals surface area contributed by atoms with E-state index in [-0.39, 0.29) is 17.2 Å². The number of allylic oxidation sites excluding steroid dienone is 1. The van der Waals surface area contributed by atoms with Crippen LogP contribution in [0.1, 0.15) is 15.9 Å². The van der Waals surface area contributed by atoms with E-state index >= 15 is 0 Å². The molecule has 2 aromatic rings. The lowest BCUT2D eigenvalue weighted by Crippen LogP contribution is -2.02. The van der Waals surface area contributed by atoms with Crippen LogP contribution in [-0.2, 0) is 0 Å². The lowest BCUT2D eigenvalue weighted by molar-refractivity contribution is -0.384. The highest BCUT2D eigenvalue weighted by atomic mass is 19.3. The van der Waals surface area contributed by atoms with Crippen LogP contribution in [0.4, 0.5) is 14.5 Å². The van der Waals surface area contributed by atoms with E-state index in [4.69, 9.17) is 0 Å². The average Bonchev–Trinajstić information content (AvgIpc) is 2.53. The van der Waals surface area contributed by atoms with E-state index in [1.807, 2.05) is 0 Å². The molecule has 0 bridgehead atoms. The van der Waals surface area contributed by atoms with Crippen molar-refractivity contribution in [3.8, 4) is 5.75 Å². The van der Waals surface area contributed by atoms with Gasteiger partial charge in [0.2, 0.25) is 0 Å². The molecule has 0 spiro atoms. The summed E-state index contributed by atoms with van der Waals surface area (Å²) in [5, 5.41) is 10.5. The van der Waals surface area contributed by atoms with Crippen molar-refractivity contribution >= 4 is 17.5 Å². The maximum Gasteiger partial charge on any atom is 0.387 e. The van der Waals surface area contributed by atoms with Crippen molar-refractivity contribution < 1.29 is 23.2 Å². The Balaban J connectivity index is 2.04. The van der Waals surface area contributed by atoms with Crippen LogP contribution in [0.25, 0.3) is 6.08 Å². The van der Waals surface area contributed by atoms with Gasteiger partial charge in [-0.2, -0.15) is 8.78 Å². The molecule has 0 saturated heterocycles. The van der Waals surface area contributed by atoms with Crippen LogP contribution in [0.5, 0.6) is 5.75 Å². The predicted octanol–water partition coefficient (Wildman–Crippen LogP) is 4.09. The molecule has 0 heterocycles. The number of alkyl halides is 2. The molecule has 0 aliphatic carbocycles. The molecule has 23 heavy (non-hydrogen) atoms. The highest BCUT2D eigenvalue weighted by Gasteiger charge is 2.06. The zero-order chi connectivity index (χ0) is 16.8. The molecular weight excluding hydrogens is 308 g/mol. The van der Waals surface area contributed by atoms with Crippen LogP contribution in [0.15, 0.2) is 54.6 Å². The normalized spacial score (nSPS) is 10.9. The second-order valence-electron chi connectivity index (χ2n) is 4.45. The van der Waals surface area contributed by atoms with Gasteiger partial charge in [-0.25, -0.2) is 0 Å². The summed E-state index contributed by atoms with van der Waals surface area (Å²) < 4.78 is 28.2. The molecule has 0 fully saturated rings. The van der Waals surface area contributed by atoms with Crippen LogP contribution in [-0.4, -0.2) is 17.3 Å². The van der Waals surface area contributed by atoms with Gasteiger partial charge in [-0.3, -0.25) is 14.9 Å². The van der Waals surface area contributed by atoms with Crippen LogP contribution < -0.4 is 4.74 Å². The summed E-state index contributed by atoms with van der Waals surface area (Å²) in [6.45, 7) is -2.92. The van der Waals surface area contributed by atoms with Crippen molar-refractivity contribution in [3.05, 3.63) is 75.8 Å². The third-order valence-corrected chi connectivity index (χ3v) is 2.90. The Morgan fingerprint density at radius 2 is 1.70 bits per heavy atom. The third kappa shape index (κ3) is 4.70. The van der Waals surface area contributed by atoms with E-state index in [0.717, 1.165) is 0 Å². The first kappa shape index (κ1) is 16.3. The van der Waals surface area contributed by atoms with Gasteiger partial charge in [0.05, 0.1) is 4.92 Å². The van der Waals surface area contributed by atoms with Crippen LogP contribution in [0, 0.1) is 10.1 Å². The minimum absolute atomic E-state index is 0.0316. The van der Waals surface area contributed by atoms with E-state index in [1.165, 1.54) is 60.7 Å². The second kappa shape index (κ2) is 7.26. The summed E-state index contributed by atoms with van der Waals surface area (Å²) >= 11 is 0. The predicted molar refractivity (Wildman–Crippen MR) is 79.5 cm³/mol. The van der Waals surface area contributed by atoms with Crippen LogP contribution in [0.3, 0.4) is 0 Å². The summed E-state index contributed by atoms with van der Waals surface area (Å²) in [4.78, 5) is 22.0. The number of carbonyl (C=O) groups excluding carboxylic acids is 1. The zero-order valence-electron chi connectivity index (χ0n) is 11.7. The highest BCUT2D eigenvalue weighted by molar-refractivity contribution is 6.06. The molecule has 0 unspecified atom stereocenters. The van der Waals surface area contributed by atoms with Gasteiger partial charge in [0.25, 0.3) is 5.69 Å². The smallest absolute Gasteiger partial charge is 0.387 e. The second-order valence-corrected chi connectivity index (χ2v) is 4.45. The minimum Gasteiger partial charge on any atom is -0.435 e. The first-order chi connectivity index (χ1) is 11.0. The number of rotatable bonds is 6. The molecule has 2 aromatic carbocycles. The third-order valence-electron chi connectivity index (χ3n) is 2.90. The average molecular weight is 319 g/mol. The maximum absolute atomic E-state index is 12.0. The number of hydrogen-bond donors (Lipinski definition) is 0. The van der Waals surface area contributed by atoms with Crippen molar-refractivity contribution in [2.45, 2.75) is 6.61 Å². The van der Waals surface area contributed by atoms with E-state index in [1.54, 1.807) is 0 Å². The van der Waals surface area contributed by atoms with Gasteiger partial charge in [0.1, 0.15) is 5.75 Å². The van der Waals surface area contributed by atoms with E-state index in [2.05, 4.69) is 4.74 Å². The highest BCUT2D eigenvalue weighted by Crippen LogP contribution is 2.16. The molecule has 5 nitrogen and oxygen atoms in total. The number of non-ortho nitro benzene ring substituents is 1. The lowest BCUT2D eigenvalue weighted by atomic mass is 10.1. The number of nitro benzene ring substituents is 1. The van der Waals surface area contributed by atoms with Crippen LogP contribution >= 0.6 is 0 Å². The molecule has 2 rings (SSSR count). The Hall–Kier alpha value is -3.09. The molecule has 118 valence electrons. The monoisotopic (exact) mass is 319 g/mol. The van der Waals surface area contributed by atoms with Gasteiger partial charge in [-0.05, 0) is 48.0 Å². The van der Waals surface area contributed by atoms with Gasteiger partial charge >= 0.3 is 6.61 Å². The standard InChI is InChI=1S/C16H11F2NO4/c17-16(18)23-14-8-4-12(5-9-14)15(20)10-3-11-1-6-13(7-2-11)19(21)22/h1-10,16H. The molecule has 0 aliphatic rings. The van der Waals surface area contributed by atoms with Crippen molar-refractivity contribution in [3.63, 3.8) is 0 Å². The van der Waals surface area contributed by atoms with Crippen molar-refractivity contribution in [1.29, 1.82) is 0 Å². The van der Waals surface area contributed by atoms with E-state index < -0.39 is 11.5 Å². The maximum atomic E-state index is 12.0. The number of nitrogens with zero attached hydrogens (tertiary/aromatic N) is 1. The molecule has 0 saturated carbocycles.